The van der Waals surface area contributed by atoms with Gasteiger partial charge in [0.25, 0.3) is 0 Å². The lowest BCUT2D eigenvalue weighted by atomic mass is 10.0. The second kappa shape index (κ2) is 10.4. The number of likely N-dealkylation sites (tertiary alicyclic amines) is 1. The molecule has 0 saturated carbocycles. The first kappa shape index (κ1) is 22.0. The molecule has 160 valence electrons. The van der Waals surface area contributed by atoms with Gasteiger partial charge in [-0.2, -0.15) is 0 Å². The molecule has 1 fully saturated rings. The Morgan fingerprint density at radius 2 is 1.87 bits per heavy atom. The molecular weight excluding hydrogens is 400 g/mol. The minimum atomic E-state index is -0.107. The molecule has 1 N–H and O–H groups in total. The van der Waals surface area contributed by atoms with Crippen LogP contribution >= 0.6 is 11.8 Å². The normalized spacial score (nSPS) is 15.7. The van der Waals surface area contributed by atoms with Crippen molar-refractivity contribution >= 4 is 29.3 Å². The summed E-state index contributed by atoms with van der Waals surface area (Å²) in [6, 6.07) is 13.3. The van der Waals surface area contributed by atoms with Crippen molar-refractivity contribution in [1.29, 1.82) is 0 Å². The number of carbonyl (C=O) groups is 2. The van der Waals surface area contributed by atoms with Crippen molar-refractivity contribution in [3.8, 4) is 11.5 Å². The van der Waals surface area contributed by atoms with Gasteiger partial charge in [0.05, 0.1) is 31.8 Å². The third kappa shape index (κ3) is 5.48. The topological polar surface area (TPSA) is 67.9 Å². The van der Waals surface area contributed by atoms with E-state index >= 15 is 0 Å². The van der Waals surface area contributed by atoms with Gasteiger partial charge in [0.1, 0.15) is 11.5 Å². The number of methoxy groups -OCH3 is 2. The Bertz CT molecular complexity index is 885. The number of amides is 2. The zero-order valence-electron chi connectivity index (χ0n) is 17.6. The number of hydrogen-bond acceptors (Lipinski definition) is 5. The fraction of sp³-hybridized carbons (Fsp3) is 0.391. The molecule has 1 aliphatic rings. The van der Waals surface area contributed by atoms with Crippen LogP contribution in [0.2, 0.25) is 0 Å². The van der Waals surface area contributed by atoms with Gasteiger partial charge in [0.2, 0.25) is 11.8 Å². The summed E-state index contributed by atoms with van der Waals surface area (Å²) in [5, 5.41) is 2.86. The van der Waals surface area contributed by atoms with Crippen LogP contribution in [-0.2, 0) is 9.59 Å². The van der Waals surface area contributed by atoms with Gasteiger partial charge in [-0.05, 0) is 50.1 Å². The van der Waals surface area contributed by atoms with Crippen molar-refractivity contribution < 1.29 is 19.1 Å². The summed E-state index contributed by atoms with van der Waals surface area (Å²) in [6.07, 6.45) is 1.82. The summed E-state index contributed by atoms with van der Waals surface area (Å²) in [5.41, 5.74) is 2.87. The molecule has 2 aromatic carbocycles. The highest BCUT2D eigenvalue weighted by atomic mass is 32.2. The summed E-state index contributed by atoms with van der Waals surface area (Å²) in [4.78, 5) is 26.9. The van der Waals surface area contributed by atoms with Gasteiger partial charge in [0.15, 0.2) is 0 Å². The maximum atomic E-state index is 12.9. The summed E-state index contributed by atoms with van der Waals surface area (Å²) in [7, 11) is 3.26. The van der Waals surface area contributed by atoms with E-state index < -0.39 is 0 Å². The van der Waals surface area contributed by atoms with E-state index in [1.54, 1.807) is 14.2 Å². The quantitative estimate of drug-likeness (QED) is 0.687. The molecule has 0 spiro atoms. The molecular formula is C23H28N2O4S. The Hall–Kier alpha value is -2.67. The van der Waals surface area contributed by atoms with Crippen molar-refractivity contribution in [3.63, 3.8) is 0 Å². The van der Waals surface area contributed by atoms with Crippen molar-refractivity contribution in [2.75, 3.05) is 37.6 Å². The lowest BCUT2D eigenvalue weighted by Gasteiger charge is -2.26. The lowest BCUT2D eigenvalue weighted by Crippen LogP contribution is -2.32. The standard InChI is InChI=1S/C23H28N2O4S/c1-16-6-8-17(9-7-16)24-22(26)14-30-15-23(27)25-12-4-5-20(25)19-13-18(28-2)10-11-21(19)29-3/h6-11,13,20H,4-5,12,14-15H2,1-3H3,(H,24,26). The molecule has 3 rings (SSSR count). The van der Waals surface area contributed by atoms with Crippen molar-refractivity contribution in [3.05, 3.63) is 53.6 Å². The number of aryl methyl sites for hydroxylation is 1. The van der Waals surface area contributed by atoms with Gasteiger partial charge in [-0.15, -0.1) is 11.8 Å². The first-order valence-corrected chi connectivity index (χ1v) is 11.1. The Kier molecular flexibility index (Phi) is 7.63. The molecule has 2 aromatic rings. The molecule has 1 unspecified atom stereocenters. The highest BCUT2D eigenvalue weighted by Gasteiger charge is 2.32. The third-order valence-corrected chi connectivity index (χ3v) is 6.08. The highest BCUT2D eigenvalue weighted by Crippen LogP contribution is 2.39. The molecule has 30 heavy (non-hydrogen) atoms. The zero-order chi connectivity index (χ0) is 21.5. The number of ether oxygens (including phenoxy) is 2. The fourth-order valence-corrected chi connectivity index (χ4v) is 4.34. The summed E-state index contributed by atoms with van der Waals surface area (Å²) < 4.78 is 10.9. The van der Waals surface area contributed by atoms with Crippen LogP contribution < -0.4 is 14.8 Å². The fourth-order valence-electron chi connectivity index (χ4n) is 3.64. The van der Waals surface area contributed by atoms with Gasteiger partial charge in [-0.1, -0.05) is 17.7 Å². The van der Waals surface area contributed by atoms with E-state index in [2.05, 4.69) is 5.32 Å². The van der Waals surface area contributed by atoms with Gasteiger partial charge >= 0.3 is 0 Å². The van der Waals surface area contributed by atoms with Crippen molar-refractivity contribution in [1.82, 2.24) is 4.90 Å². The first-order valence-electron chi connectivity index (χ1n) is 9.97. The smallest absolute Gasteiger partial charge is 0.234 e. The number of thioether (sulfide) groups is 1. The second-order valence-corrected chi connectivity index (χ2v) is 8.25. The molecule has 1 aliphatic heterocycles. The van der Waals surface area contributed by atoms with E-state index in [0.717, 1.165) is 41.2 Å². The number of nitrogens with one attached hydrogen (secondary N) is 1. The number of nitrogens with zero attached hydrogens (tertiary/aromatic N) is 1. The number of anilines is 1. The number of hydrogen-bond donors (Lipinski definition) is 1. The van der Waals surface area contributed by atoms with E-state index in [1.807, 2.05) is 54.3 Å². The Morgan fingerprint density at radius 1 is 1.10 bits per heavy atom. The van der Waals surface area contributed by atoms with Crippen LogP contribution in [0.3, 0.4) is 0 Å². The maximum absolute atomic E-state index is 12.9. The van der Waals surface area contributed by atoms with Gasteiger partial charge < -0.3 is 19.7 Å². The number of benzene rings is 2. The third-order valence-electron chi connectivity index (χ3n) is 5.16. The van der Waals surface area contributed by atoms with Crippen molar-refractivity contribution in [2.24, 2.45) is 0 Å². The largest absolute Gasteiger partial charge is 0.497 e. The van der Waals surface area contributed by atoms with Crippen LogP contribution in [0.5, 0.6) is 11.5 Å². The first-order chi connectivity index (χ1) is 14.5. The maximum Gasteiger partial charge on any atom is 0.234 e. The predicted octanol–water partition coefficient (Wildman–Crippen LogP) is 4.05. The Labute approximate surface area is 181 Å². The molecule has 7 heteroatoms. The van der Waals surface area contributed by atoms with Crippen LogP contribution in [0.1, 0.15) is 30.0 Å². The second-order valence-electron chi connectivity index (χ2n) is 7.26. The molecule has 2 amide bonds. The lowest BCUT2D eigenvalue weighted by molar-refractivity contribution is -0.129. The molecule has 0 aromatic heterocycles. The van der Waals surface area contributed by atoms with E-state index in [9.17, 15) is 9.59 Å². The molecule has 0 aliphatic carbocycles. The van der Waals surface area contributed by atoms with Crippen molar-refractivity contribution in [2.45, 2.75) is 25.8 Å². The van der Waals surface area contributed by atoms with E-state index in [1.165, 1.54) is 11.8 Å². The average Bonchev–Trinajstić information content (AvgIpc) is 3.24. The molecule has 6 nitrogen and oxygen atoms in total. The van der Waals surface area contributed by atoms with Crippen LogP contribution in [-0.4, -0.2) is 49.0 Å². The Balaban J connectivity index is 1.56. The van der Waals surface area contributed by atoms with Crippen LogP contribution in [0.4, 0.5) is 5.69 Å². The highest BCUT2D eigenvalue weighted by molar-refractivity contribution is 8.00. The molecule has 0 bridgehead atoms. The Morgan fingerprint density at radius 3 is 2.57 bits per heavy atom. The van der Waals surface area contributed by atoms with Crippen LogP contribution in [0, 0.1) is 6.92 Å². The predicted molar refractivity (Wildman–Crippen MR) is 120 cm³/mol. The minimum Gasteiger partial charge on any atom is -0.497 e. The number of rotatable bonds is 8. The summed E-state index contributed by atoms with van der Waals surface area (Å²) in [6.45, 7) is 2.71. The average molecular weight is 429 g/mol. The van der Waals surface area contributed by atoms with E-state index in [0.29, 0.717) is 6.54 Å². The number of carbonyl (C=O) groups excluding carboxylic acids is 2. The van der Waals surface area contributed by atoms with Gasteiger partial charge in [-0.3, -0.25) is 9.59 Å². The monoisotopic (exact) mass is 428 g/mol. The summed E-state index contributed by atoms with van der Waals surface area (Å²) in [5.74, 6) is 1.93. The molecule has 0 radical (unpaired) electrons. The summed E-state index contributed by atoms with van der Waals surface area (Å²) >= 11 is 1.33. The molecule has 1 heterocycles. The van der Waals surface area contributed by atoms with Gasteiger partial charge in [-0.25, -0.2) is 0 Å². The SMILES string of the molecule is COc1ccc(OC)c(C2CCCN2C(=O)CSCC(=O)Nc2ccc(C)cc2)c1. The molecule has 1 saturated heterocycles. The van der Waals surface area contributed by atoms with E-state index in [4.69, 9.17) is 9.47 Å². The van der Waals surface area contributed by atoms with Crippen LogP contribution in [0.25, 0.3) is 0 Å². The molecule has 1 atom stereocenters. The van der Waals surface area contributed by atoms with Crippen LogP contribution in [0.15, 0.2) is 42.5 Å². The zero-order valence-corrected chi connectivity index (χ0v) is 18.5. The van der Waals surface area contributed by atoms with E-state index in [-0.39, 0.29) is 29.4 Å². The van der Waals surface area contributed by atoms with Gasteiger partial charge in [0, 0.05) is 17.8 Å². The minimum absolute atomic E-state index is 0.0375.